The van der Waals surface area contributed by atoms with E-state index in [-0.39, 0.29) is 10.3 Å². The number of hydrogen-bond donors (Lipinski definition) is 0. The second-order valence-electron chi connectivity index (χ2n) is 5.04. The molecule has 2 heteroatoms. The fourth-order valence-corrected chi connectivity index (χ4v) is 0.986. The number of hydrogen-bond acceptors (Lipinski definition) is 2. The van der Waals surface area contributed by atoms with Crippen LogP contribution in [0, 0.1) is 5.92 Å². The molecule has 0 bridgehead atoms. The van der Waals surface area contributed by atoms with Crippen LogP contribution in [0.2, 0.25) is 0 Å². The monoisotopic (exact) mass is 190 g/mol. The summed E-state index contributed by atoms with van der Waals surface area (Å²) in [7, 11) is 0. The fraction of sp³-hybridized carbons (Fsp3) is 1.00. The van der Waals surface area contributed by atoms with Gasteiger partial charge in [-0.25, -0.2) is 0 Å². The predicted octanol–water partition coefficient (Wildman–Crippen LogP) is 3.88. The molecule has 0 rings (SSSR count). The molecule has 12 heavy (non-hydrogen) atoms. The lowest BCUT2D eigenvalue weighted by Crippen LogP contribution is -2.30. The minimum atomic E-state index is -0.0298. The normalized spacial score (nSPS) is 14.0. The van der Waals surface area contributed by atoms with Crippen LogP contribution in [-0.4, -0.2) is 10.3 Å². The average Bonchev–Trinajstić information content (AvgIpc) is 1.82. The van der Waals surface area contributed by atoms with Crippen LogP contribution in [0.3, 0.4) is 0 Å². The first-order valence-corrected chi connectivity index (χ1v) is 5.26. The summed E-state index contributed by atoms with van der Waals surface area (Å²) >= 11 is 1.57. The Morgan fingerprint density at radius 3 is 1.67 bits per heavy atom. The number of rotatable bonds is 3. The van der Waals surface area contributed by atoms with Crippen molar-refractivity contribution in [1.29, 1.82) is 0 Å². The van der Waals surface area contributed by atoms with Crippen molar-refractivity contribution in [2.24, 2.45) is 5.92 Å². The van der Waals surface area contributed by atoms with E-state index in [4.69, 9.17) is 4.18 Å². The fourth-order valence-electron chi connectivity index (χ4n) is 0.329. The van der Waals surface area contributed by atoms with E-state index in [1.807, 2.05) is 0 Å². The van der Waals surface area contributed by atoms with Gasteiger partial charge in [0, 0.05) is 4.75 Å². The van der Waals surface area contributed by atoms with Crippen molar-refractivity contribution in [3.8, 4) is 0 Å². The van der Waals surface area contributed by atoms with E-state index in [1.54, 1.807) is 12.0 Å². The van der Waals surface area contributed by atoms with Crippen molar-refractivity contribution in [2.45, 2.75) is 58.8 Å². The van der Waals surface area contributed by atoms with Gasteiger partial charge < -0.3 is 4.18 Å². The van der Waals surface area contributed by atoms with Crippen molar-refractivity contribution >= 4 is 12.0 Å². The molecule has 74 valence electrons. The molecule has 0 aliphatic rings. The second kappa shape index (κ2) is 4.01. The Balaban J connectivity index is 3.93. The highest BCUT2D eigenvalue weighted by molar-refractivity contribution is 7.96. The standard InChI is InChI=1S/C10H22OS/c1-8(2)10(6,7)11-12-9(3,4)5/h8H,1-7H3. The van der Waals surface area contributed by atoms with E-state index in [1.165, 1.54) is 0 Å². The maximum absolute atomic E-state index is 5.77. The lowest BCUT2D eigenvalue weighted by atomic mass is 9.95. The van der Waals surface area contributed by atoms with Gasteiger partial charge >= 0.3 is 0 Å². The van der Waals surface area contributed by atoms with E-state index in [0.717, 1.165) is 0 Å². The van der Waals surface area contributed by atoms with Gasteiger partial charge in [-0.15, -0.1) is 0 Å². The summed E-state index contributed by atoms with van der Waals surface area (Å²) in [6.07, 6.45) is 0. The zero-order chi connectivity index (χ0) is 9.99. The smallest absolute Gasteiger partial charge is 0.0796 e. The highest BCUT2D eigenvalue weighted by atomic mass is 32.2. The summed E-state index contributed by atoms with van der Waals surface area (Å²) in [6, 6.07) is 0. The van der Waals surface area contributed by atoms with Crippen LogP contribution in [0.25, 0.3) is 0 Å². The third-order valence-corrected chi connectivity index (χ3v) is 2.91. The van der Waals surface area contributed by atoms with Gasteiger partial charge in [0.05, 0.1) is 5.60 Å². The van der Waals surface area contributed by atoms with Crippen molar-refractivity contribution in [1.82, 2.24) is 0 Å². The summed E-state index contributed by atoms with van der Waals surface area (Å²) in [5.41, 5.74) is -0.0298. The van der Waals surface area contributed by atoms with Crippen LogP contribution >= 0.6 is 12.0 Å². The van der Waals surface area contributed by atoms with E-state index < -0.39 is 0 Å². The second-order valence-corrected chi connectivity index (χ2v) is 6.60. The molecule has 0 spiro atoms. The summed E-state index contributed by atoms with van der Waals surface area (Å²) in [6.45, 7) is 15.1. The molecule has 0 aromatic carbocycles. The van der Waals surface area contributed by atoms with Gasteiger partial charge in [-0.1, -0.05) is 13.8 Å². The van der Waals surface area contributed by atoms with Crippen LogP contribution in [0.4, 0.5) is 0 Å². The SMILES string of the molecule is CC(C)C(C)(C)OSC(C)(C)C. The third-order valence-electron chi connectivity index (χ3n) is 1.90. The Hall–Kier alpha value is 0.310. The molecule has 1 nitrogen and oxygen atoms in total. The van der Waals surface area contributed by atoms with Gasteiger partial charge in [0.1, 0.15) is 0 Å². The van der Waals surface area contributed by atoms with Gasteiger partial charge in [0.25, 0.3) is 0 Å². The molecule has 0 atom stereocenters. The average molecular weight is 190 g/mol. The van der Waals surface area contributed by atoms with Crippen molar-refractivity contribution in [3.05, 3.63) is 0 Å². The quantitative estimate of drug-likeness (QED) is 0.624. The molecule has 0 unspecified atom stereocenters. The van der Waals surface area contributed by atoms with Crippen LogP contribution in [0.1, 0.15) is 48.5 Å². The third kappa shape index (κ3) is 5.04. The topological polar surface area (TPSA) is 9.23 Å². The highest BCUT2D eigenvalue weighted by Gasteiger charge is 2.26. The molecular weight excluding hydrogens is 168 g/mol. The van der Waals surface area contributed by atoms with E-state index in [2.05, 4.69) is 48.5 Å². The molecule has 0 saturated carbocycles. The van der Waals surface area contributed by atoms with Crippen LogP contribution < -0.4 is 0 Å². The first-order chi connectivity index (χ1) is 5.15. The summed E-state index contributed by atoms with van der Waals surface area (Å²) < 4.78 is 5.96. The lowest BCUT2D eigenvalue weighted by Gasteiger charge is -2.31. The lowest BCUT2D eigenvalue weighted by molar-refractivity contribution is 0.0828. The van der Waals surface area contributed by atoms with Crippen molar-refractivity contribution in [2.75, 3.05) is 0 Å². The highest BCUT2D eigenvalue weighted by Crippen LogP contribution is 2.32. The first kappa shape index (κ1) is 12.3. The summed E-state index contributed by atoms with van der Waals surface area (Å²) in [5, 5.41) is 0. The Morgan fingerprint density at radius 2 is 1.42 bits per heavy atom. The Kier molecular flexibility index (Phi) is 4.12. The predicted molar refractivity (Wildman–Crippen MR) is 57.3 cm³/mol. The molecule has 0 radical (unpaired) electrons. The molecule has 0 aromatic rings. The van der Waals surface area contributed by atoms with Gasteiger partial charge in [0.2, 0.25) is 0 Å². The summed E-state index contributed by atoms with van der Waals surface area (Å²) in [5.74, 6) is 0.548. The maximum Gasteiger partial charge on any atom is 0.0796 e. The molecule has 0 amide bonds. The molecule has 0 aliphatic heterocycles. The Bertz CT molecular complexity index is 133. The van der Waals surface area contributed by atoms with Crippen molar-refractivity contribution < 1.29 is 4.18 Å². The van der Waals surface area contributed by atoms with Crippen LogP contribution in [-0.2, 0) is 4.18 Å². The molecule has 0 aliphatic carbocycles. The minimum absolute atomic E-state index is 0.0298. The zero-order valence-corrected chi connectivity index (χ0v) is 10.2. The molecule has 0 heterocycles. The molecule has 0 N–H and O–H groups in total. The molecule has 0 fully saturated rings. The molecular formula is C10H22OS. The minimum Gasteiger partial charge on any atom is -0.309 e. The van der Waals surface area contributed by atoms with Crippen LogP contribution in [0.15, 0.2) is 0 Å². The van der Waals surface area contributed by atoms with Crippen LogP contribution in [0.5, 0.6) is 0 Å². The van der Waals surface area contributed by atoms with Crippen molar-refractivity contribution in [3.63, 3.8) is 0 Å². The molecule has 0 saturated heterocycles. The van der Waals surface area contributed by atoms with E-state index >= 15 is 0 Å². The summed E-state index contributed by atoms with van der Waals surface area (Å²) in [4.78, 5) is 0. The molecule has 0 aromatic heterocycles. The van der Waals surface area contributed by atoms with Gasteiger partial charge in [-0.2, -0.15) is 0 Å². The zero-order valence-electron chi connectivity index (χ0n) is 9.39. The first-order valence-electron chi connectivity index (χ1n) is 4.52. The Labute approximate surface area is 81.5 Å². The van der Waals surface area contributed by atoms with Gasteiger partial charge in [-0.05, 0) is 52.6 Å². The van der Waals surface area contributed by atoms with Gasteiger partial charge in [-0.3, -0.25) is 0 Å². The van der Waals surface area contributed by atoms with Gasteiger partial charge in [0.15, 0.2) is 0 Å². The largest absolute Gasteiger partial charge is 0.309 e. The maximum atomic E-state index is 5.77. The van der Waals surface area contributed by atoms with E-state index in [9.17, 15) is 0 Å². The Morgan fingerprint density at radius 1 is 1.00 bits per heavy atom. The van der Waals surface area contributed by atoms with E-state index in [0.29, 0.717) is 5.92 Å².